The van der Waals surface area contributed by atoms with Crippen molar-refractivity contribution in [3.63, 3.8) is 0 Å². The van der Waals surface area contributed by atoms with Gasteiger partial charge in [0.15, 0.2) is 11.4 Å². The Labute approximate surface area is 168 Å². The minimum absolute atomic E-state index is 0.144. The second kappa shape index (κ2) is 8.34. The van der Waals surface area contributed by atoms with E-state index in [9.17, 15) is 9.18 Å². The summed E-state index contributed by atoms with van der Waals surface area (Å²) in [7, 11) is 1.49. The fraction of sp³-hybridized carbons (Fsp3) is 0.273. The summed E-state index contributed by atoms with van der Waals surface area (Å²) in [5.41, 5.74) is 2.21. The normalized spacial score (nSPS) is 13.9. The summed E-state index contributed by atoms with van der Waals surface area (Å²) >= 11 is 0. The van der Waals surface area contributed by atoms with Crippen molar-refractivity contribution < 1.29 is 13.9 Å². The molecule has 7 heteroatoms. The van der Waals surface area contributed by atoms with Crippen molar-refractivity contribution in [1.82, 2.24) is 9.78 Å². The lowest BCUT2D eigenvalue weighted by Crippen LogP contribution is -2.30. The highest BCUT2D eigenvalue weighted by atomic mass is 19.1. The van der Waals surface area contributed by atoms with Gasteiger partial charge in [-0.2, -0.15) is 5.10 Å². The first-order chi connectivity index (χ1) is 14.2. The van der Waals surface area contributed by atoms with Crippen molar-refractivity contribution in [2.75, 3.05) is 30.4 Å². The summed E-state index contributed by atoms with van der Waals surface area (Å²) in [4.78, 5) is 15.2. The van der Waals surface area contributed by atoms with Gasteiger partial charge >= 0.3 is 0 Å². The lowest BCUT2D eigenvalue weighted by molar-refractivity contribution is 0.101. The van der Waals surface area contributed by atoms with Gasteiger partial charge in [0.25, 0.3) is 5.91 Å². The van der Waals surface area contributed by atoms with Crippen LogP contribution >= 0.6 is 0 Å². The summed E-state index contributed by atoms with van der Waals surface area (Å²) in [5.74, 6) is -0.495. The van der Waals surface area contributed by atoms with Crippen LogP contribution in [0.5, 0.6) is 5.75 Å². The van der Waals surface area contributed by atoms with Crippen LogP contribution in [0.25, 0.3) is 5.69 Å². The van der Waals surface area contributed by atoms with Crippen LogP contribution in [0.1, 0.15) is 29.8 Å². The van der Waals surface area contributed by atoms with Crippen LogP contribution in [-0.4, -0.2) is 35.9 Å². The average Bonchev–Trinajstić information content (AvgIpc) is 3.20. The predicted octanol–water partition coefficient (Wildman–Crippen LogP) is 4.26. The van der Waals surface area contributed by atoms with Crippen LogP contribution in [-0.2, 0) is 0 Å². The molecule has 1 aliphatic heterocycles. The number of carbonyl (C=O) groups excluding carboxylic acids is 1. The van der Waals surface area contributed by atoms with E-state index in [1.54, 1.807) is 16.9 Å². The third-order valence-electron chi connectivity index (χ3n) is 5.04. The Morgan fingerprint density at radius 3 is 2.59 bits per heavy atom. The van der Waals surface area contributed by atoms with Crippen molar-refractivity contribution in [3.05, 3.63) is 66.2 Å². The quantitative estimate of drug-likeness (QED) is 0.702. The molecule has 0 aliphatic carbocycles. The van der Waals surface area contributed by atoms with Crippen LogP contribution in [0, 0.1) is 5.82 Å². The molecule has 3 aromatic rings. The predicted molar refractivity (Wildman–Crippen MR) is 111 cm³/mol. The Balaban J connectivity index is 1.63. The van der Waals surface area contributed by atoms with E-state index in [-0.39, 0.29) is 5.69 Å². The van der Waals surface area contributed by atoms with E-state index >= 15 is 0 Å². The van der Waals surface area contributed by atoms with Gasteiger partial charge in [-0.1, -0.05) is 18.2 Å². The largest absolute Gasteiger partial charge is 0.493 e. The maximum atomic E-state index is 13.9. The standard InChI is InChI=1S/C22H23FN4O2/c1-29-20-15-27(17-8-4-2-5-9-17)25-21(20)22(28)24-18-14-16(23)10-11-19(18)26-12-6-3-7-13-26/h2,4-5,8-11,14-15H,3,6-7,12-13H2,1H3,(H,24,28). The Morgan fingerprint density at radius 1 is 1.10 bits per heavy atom. The van der Waals surface area contributed by atoms with E-state index in [2.05, 4.69) is 15.3 Å². The Bertz CT molecular complexity index is 997. The molecule has 2 aromatic carbocycles. The van der Waals surface area contributed by atoms with E-state index in [0.29, 0.717) is 11.4 Å². The van der Waals surface area contributed by atoms with Gasteiger partial charge in [-0.3, -0.25) is 4.79 Å². The van der Waals surface area contributed by atoms with Gasteiger partial charge in [0.05, 0.1) is 30.4 Å². The number of halogens is 1. The van der Waals surface area contributed by atoms with Crippen LogP contribution in [0.3, 0.4) is 0 Å². The Kier molecular flexibility index (Phi) is 5.46. The molecule has 1 fully saturated rings. The van der Waals surface area contributed by atoms with Gasteiger partial charge in [-0.25, -0.2) is 9.07 Å². The summed E-state index contributed by atoms with van der Waals surface area (Å²) in [6.07, 6.45) is 5.01. The molecule has 0 bridgehead atoms. The molecule has 1 amide bonds. The number of benzene rings is 2. The van der Waals surface area contributed by atoms with Crippen molar-refractivity contribution in [2.24, 2.45) is 0 Å². The number of para-hydroxylation sites is 1. The molecule has 29 heavy (non-hydrogen) atoms. The maximum Gasteiger partial charge on any atom is 0.280 e. The highest BCUT2D eigenvalue weighted by molar-refractivity contribution is 6.06. The van der Waals surface area contributed by atoms with Gasteiger partial charge in [0.1, 0.15) is 5.82 Å². The second-order valence-electron chi connectivity index (χ2n) is 6.99. The first-order valence-electron chi connectivity index (χ1n) is 9.70. The zero-order valence-electron chi connectivity index (χ0n) is 16.3. The zero-order valence-corrected chi connectivity index (χ0v) is 16.3. The number of carbonyl (C=O) groups is 1. The molecule has 0 spiro atoms. The number of nitrogens with one attached hydrogen (secondary N) is 1. The molecule has 1 N–H and O–H groups in total. The van der Waals surface area contributed by atoms with Crippen LogP contribution in [0.4, 0.5) is 15.8 Å². The fourth-order valence-electron chi connectivity index (χ4n) is 3.58. The summed E-state index contributed by atoms with van der Waals surface area (Å²) in [6.45, 7) is 1.78. The second-order valence-corrected chi connectivity index (χ2v) is 6.99. The Hall–Kier alpha value is -3.35. The molecular formula is C22H23FN4O2. The zero-order chi connectivity index (χ0) is 20.2. The van der Waals surface area contributed by atoms with Crippen LogP contribution < -0.4 is 15.0 Å². The maximum absolute atomic E-state index is 13.9. The SMILES string of the molecule is COc1cn(-c2ccccc2)nc1C(=O)Nc1cc(F)ccc1N1CCCCC1. The minimum Gasteiger partial charge on any atom is -0.493 e. The van der Waals surface area contributed by atoms with E-state index in [0.717, 1.165) is 37.3 Å². The van der Waals surface area contributed by atoms with E-state index in [4.69, 9.17) is 4.74 Å². The number of nitrogens with zero attached hydrogens (tertiary/aromatic N) is 3. The molecule has 0 saturated carbocycles. The first kappa shape index (κ1) is 19.0. The number of piperidine rings is 1. The summed E-state index contributed by atoms with van der Waals surface area (Å²) in [5, 5.41) is 7.21. The number of anilines is 2. The van der Waals surface area contributed by atoms with Gasteiger partial charge < -0.3 is 15.0 Å². The number of ether oxygens (including phenoxy) is 1. The number of hydrogen-bond acceptors (Lipinski definition) is 4. The molecule has 0 radical (unpaired) electrons. The first-order valence-corrected chi connectivity index (χ1v) is 9.70. The molecular weight excluding hydrogens is 371 g/mol. The fourth-order valence-corrected chi connectivity index (χ4v) is 3.58. The minimum atomic E-state index is -0.444. The average molecular weight is 394 g/mol. The smallest absolute Gasteiger partial charge is 0.280 e. The highest BCUT2D eigenvalue weighted by Crippen LogP contribution is 2.30. The third kappa shape index (κ3) is 4.08. The van der Waals surface area contributed by atoms with Crippen LogP contribution in [0.2, 0.25) is 0 Å². The highest BCUT2D eigenvalue weighted by Gasteiger charge is 2.22. The van der Waals surface area contributed by atoms with Gasteiger partial charge in [0, 0.05) is 13.1 Å². The van der Waals surface area contributed by atoms with Crippen molar-refractivity contribution in [2.45, 2.75) is 19.3 Å². The van der Waals surface area contributed by atoms with Crippen molar-refractivity contribution in [3.8, 4) is 11.4 Å². The van der Waals surface area contributed by atoms with Gasteiger partial charge in [0.2, 0.25) is 0 Å². The molecule has 0 atom stereocenters. The topological polar surface area (TPSA) is 59.4 Å². The molecule has 1 aliphatic rings. The number of amides is 1. The lowest BCUT2D eigenvalue weighted by Gasteiger charge is -2.30. The Morgan fingerprint density at radius 2 is 1.86 bits per heavy atom. The van der Waals surface area contributed by atoms with Gasteiger partial charge in [-0.05, 0) is 49.6 Å². The summed E-state index contributed by atoms with van der Waals surface area (Å²) < 4.78 is 20.9. The molecule has 150 valence electrons. The molecule has 4 rings (SSSR count). The number of methoxy groups -OCH3 is 1. The molecule has 6 nitrogen and oxygen atoms in total. The van der Waals surface area contributed by atoms with E-state index in [1.807, 2.05) is 30.3 Å². The lowest BCUT2D eigenvalue weighted by atomic mass is 10.1. The third-order valence-corrected chi connectivity index (χ3v) is 5.04. The number of rotatable bonds is 5. The summed E-state index contributed by atoms with van der Waals surface area (Å²) in [6, 6.07) is 13.9. The van der Waals surface area contributed by atoms with E-state index in [1.165, 1.54) is 25.7 Å². The number of hydrogen-bond donors (Lipinski definition) is 1. The van der Waals surface area contributed by atoms with Crippen LogP contribution in [0.15, 0.2) is 54.7 Å². The van der Waals surface area contributed by atoms with E-state index < -0.39 is 11.7 Å². The molecule has 1 aromatic heterocycles. The number of aromatic nitrogens is 2. The molecule has 1 saturated heterocycles. The monoisotopic (exact) mass is 394 g/mol. The van der Waals surface area contributed by atoms with Crippen molar-refractivity contribution in [1.29, 1.82) is 0 Å². The molecule has 2 heterocycles. The molecule has 0 unspecified atom stereocenters. The van der Waals surface area contributed by atoms with Gasteiger partial charge in [-0.15, -0.1) is 0 Å². The van der Waals surface area contributed by atoms with Crippen molar-refractivity contribution >= 4 is 17.3 Å².